The van der Waals surface area contributed by atoms with Gasteiger partial charge < -0.3 is 20.4 Å². The predicted molar refractivity (Wildman–Crippen MR) is 139 cm³/mol. The number of nitrogens with zero attached hydrogens (tertiary/aromatic N) is 2. The van der Waals surface area contributed by atoms with Crippen LogP contribution in [0.15, 0.2) is 72.8 Å². The molecule has 6 nitrogen and oxygen atoms in total. The molecule has 1 aliphatic rings. The molecule has 0 unspecified atom stereocenters. The summed E-state index contributed by atoms with van der Waals surface area (Å²) in [7, 11) is 5.78. The number of benzene rings is 3. The first kappa shape index (κ1) is 23.3. The number of aryl methyl sites for hydroxylation is 1. The fourth-order valence-corrected chi connectivity index (χ4v) is 3.96. The van der Waals surface area contributed by atoms with Gasteiger partial charge in [0.25, 0.3) is 11.8 Å². The Morgan fingerprint density at radius 2 is 1.62 bits per heavy atom. The van der Waals surface area contributed by atoms with Crippen LogP contribution in [0.1, 0.15) is 27.0 Å². The minimum Gasteiger partial charge on any atom is -0.354 e. The summed E-state index contributed by atoms with van der Waals surface area (Å²) in [6.45, 7) is 3.44. The fraction of sp³-hybridized carbons (Fsp3) is 0.214. The second kappa shape index (κ2) is 9.93. The van der Waals surface area contributed by atoms with Crippen LogP contribution in [0.4, 0.5) is 11.4 Å². The molecule has 34 heavy (non-hydrogen) atoms. The van der Waals surface area contributed by atoms with E-state index < -0.39 is 0 Å². The Morgan fingerprint density at radius 1 is 0.882 bits per heavy atom. The summed E-state index contributed by atoms with van der Waals surface area (Å²) < 4.78 is 0. The summed E-state index contributed by atoms with van der Waals surface area (Å²) in [5, 5.41) is 6.43. The summed E-state index contributed by atoms with van der Waals surface area (Å²) >= 11 is 0. The first-order valence-corrected chi connectivity index (χ1v) is 11.3. The van der Waals surface area contributed by atoms with Gasteiger partial charge in [0.05, 0.1) is 11.3 Å². The Kier molecular flexibility index (Phi) is 6.80. The van der Waals surface area contributed by atoms with Gasteiger partial charge in [-0.05, 0) is 56.9 Å². The molecule has 0 aliphatic carbocycles. The van der Waals surface area contributed by atoms with E-state index in [1.54, 1.807) is 4.90 Å². The van der Waals surface area contributed by atoms with Crippen molar-refractivity contribution in [1.82, 2.24) is 9.80 Å². The third kappa shape index (κ3) is 5.02. The van der Waals surface area contributed by atoms with Crippen LogP contribution in [0.25, 0.3) is 11.3 Å². The van der Waals surface area contributed by atoms with Gasteiger partial charge in [0.1, 0.15) is 0 Å². The van der Waals surface area contributed by atoms with Gasteiger partial charge in [0, 0.05) is 42.6 Å². The van der Waals surface area contributed by atoms with E-state index in [4.69, 9.17) is 0 Å². The Labute approximate surface area is 200 Å². The van der Waals surface area contributed by atoms with Crippen molar-refractivity contribution in [2.24, 2.45) is 0 Å². The third-order valence-electron chi connectivity index (χ3n) is 5.84. The summed E-state index contributed by atoms with van der Waals surface area (Å²) in [6, 6.07) is 23.1. The minimum atomic E-state index is -0.150. The quantitative estimate of drug-likeness (QED) is 0.514. The minimum absolute atomic E-state index is 0.0426. The Bertz CT molecular complexity index is 1250. The lowest BCUT2D eigenvalue weighted by molar-refractivity contribution is -0.110. The van der Waals surface area contributed by atoms with Gasteiger partial charge in [-0.25, -0.2) is 0 Å². The van der Waals surface area contributed by atoms with Crippen molar-refractivity contribution in [3.63, 3.8) is 0 Å². The van der Waals surface area contributed by atoms with Gasteiger partial charge in [-0.2, -0.15) is 0 Å². The van der Waals surface area contributed by atoms with E-state index in [-0.39, 0.29) is 11.8 Å². The van der Waals surface area contributed by atoms with Crippen LogP contribution in [-0.4, -0.2) is 55.8 Å². The average molecular weight is 455 g/mol. The lowest BCUT2D eigenvalue weighted by atomic mass is 9.98. The monoisotopic (exact) mass is 454 g/mol. The summed E-state index contributed by atoms with van der Waals surface area (Å²) in [6.07, 6.45) is 0. The van der Waals surface area contributed by atoms with Crippen LogP contribution in [0.2, 0.25) is 0 Å². The highest BCUT2D eigenvalue weighted by atomic mass is 16.2. The van der Waals surface area contributed by atoms with Gasteiger partial charge in [0.15, 0.2) is 0 Å². The standard InChI is InChI=1S/C28H30N4O2/c1-19-13-14-24-23(17-19)25(27(33)30-24)26(20-9-6-5-7-10-20)29-22-12-8-11-21(18-22)28(34)32(4)16-15-31(2)3/h5-14,17-18,29H,15-16H2,1-4H3,(H,30,33). The SMILES string of the molecule is Cc1ccc2c(c1)C(=C(Nc1cccc(C(=O)N(C)CCN(C)C)c1)c1ccccc1)C(=O)N2. The molecule has 1 heterocycles. The maximum absolute atomic E-state index is 13.1. The summed E-state index contributed by atoms with van der Waals surface area (Å²) in [5.74, 6) is -0.193. The van der Waals surface area contributed by atoms with Crippen LogP contribution >= 0.6 is 0 Å². The van der Waals surface area contributed by atoms with Crippen molar-refractivity contribution in [2.75, 3.05) is 44.9 Å². The molecule has 3 aromatic rings. The van der Waals surface area contributed by atoms with E-state index in [2.05, 4.69) is 10.6 Å². The van der Waals surface area contributed by atoms with Crippen LogP contribution in [0.3, 0.4) is 0 Å². The molecule has 0 saturated carbocycles. The first-order chi connectivity index (χ1) is 16.3. The molecular weight excluding hydrogens is 424 g/mol. The fourth-order valence-electron chi connectivity index (χ4n) is 3.96. The number of likely N-dealkylation sites (N-methyl/N-ethyl adjacent to an activating group) is 2. The number of amides is 2. The molecule has 0 aromatic heterocycles. The first-order valence-electron chi connectivity index (χ1n) is 11.3. The number of anilines is 2. The zero-order valence-electron chi connectivity index (χ0n) is 20.1. The molecule has 0 radical (unpaired) electrons. The molecule has 3 aromatic carbocycles. The number of hydrogen-bond acceptors (Lipinski definition) is 4. The van der Waals surface area contributed by atoms with E-state index in [1.165, 1.54) is 0 Å². The van der Waals surface area contributed by atoms with Crippen molar-refractivity contribution < 1.29 is 9.59 Å². The highest BCUT2D eigenvalue weighted by Crippen LogP contribution is 2.38. The highest BCUT2D eigenvalue weighted by molar-refractivity contribution is 6.37. The molecule has 1 aliphatic heterocycles. The van der Waals surface area contributed by atoms with Gasteiger partial charge in [-0.1, -0.05) is 48.0 Å². The Hall–Kier alpha value is -3.90. The average Bonchev–Trinajstić information content (AvgIpc) is 3.15. The number of rotatable bonds is 7. The van der Waals surface area contributed by atoms with Crippen molar-refractivity contribution in [3.05, 3.63) is 95.1 Å². The molecular formula is C28H30N4O2. The highest BCUT2D eigenvalue weighted by Gasteiger charge is 2.28. The van der Waals surface area contributed by atoms with E-state index in [0.29, 0.717) is 23.4 Å². The van der Waals surface area contributed by atoms with Gasteiger partial charge in [0.2, 0.25) is 0 Å². The molecule has 0 fully saturated rings. The van der Waals surface area contributed by atoms with E-state index in [0.717, 1.165) is 34.6 Å². The molecule has 0 atom stereocenters. The molecule has 2 N–H and O–H groups in total. The molecule has 4 rings (SSSR count). The van der Waals surface area contributed by atoms with E-state index >= 15 is 0 Å². The number of carbonyl (C=O) groups excluding carboxylic acids is 2. The van der Waals surface area contributed by atoms with Crippen LogP contribution in [-0.2, 0) is 4.79 Å². The zero-order chi connectivity index (χ0) is 24.2. The number of hydrogen-bond donors (Lipinski definition) is 2. The normalized spacial score (nSPS) is 14.0. The molecule has 2 amide bonds. The maximum atomic E-state index is 13.1. The molecule has 174 valence electrons. The molecule has 0 spiro atoms. The Balaban J connectivity index is 1.73. The van der Waals surface area contributed by atoms with Gasteiger partial charge >= 0.3 is 0 Å². The van der Waals surface area contributed by atoms with Crippen LogP contribution < -0.4 is 10.6 Å². The lowest BCUT2D eigenvalue weighted by Gasteiger charge is -2.20. The summed E-state index contributed by atoms with van der Waals surface area (Å²) in [4.78, 5) is 29.8. The summed E-state index contributed by atoms with van der Waals surface area (Å²) in [5.41, 5.74) is 6.26. The maximum Gasteiger partial charge on any atom is 0.258 e. The number of carbonyl (C=O) groups is 2. The second-order valence-electron chi connectivity index (χ2n) is 8.85. The largest absolute Gasteiger partial charge is 0.354 e. The van der Waals surface area contributed by atoms with Gasteiger partial charge in [-0.15, -0.1) is 0 Å². The zero-order valence-corrected chi connectivity index (χ0v) is 20.1. The number of fused-ring (bicyclic) bond motifs is 1. The topological polar surface area (TPSA) is 64.7 Å². The van der Waals surface area contributed by atoms with Gasteiger partial charge in [-0.3, -0.25) is 9.59 Å². The molecule has 0 saturated heterocycles. The molecule has 0 bridgehead atoms. The van der Waals surface area contributed by atoms with Crippen LogP contribution in [0, 0.1) is 6.92 Å². The van der Waals surface area contributed by atoms with Crippen LogP contribution in [0.5, 0.6) is 0 Å². The van der Waals surface area contributed by atoms with Crippen molar-refractivity contribution in [3.8, 4) is 0 Å². The van der Waals surface area contributed by atoms with Crippen molar-refractivity contribution in [2.45, 2.75) is 6.92 Å². The Morgan fingerprint density at radius 3 is 2.35 bits per heavy atom. The van der Waals surface area contributed by atoms with E-state index in [1.807, 2.05) is 106 Å². The van der Waals surface area contributed by atoms with Crippen molar-refractivity contribution in [1.29, 1.82) is 0 Å². The second-order valence-corrected chi connectivity index (χ2v) is 8.85. The predicted octanol–water partition coefficient (Wildman–Crippen LogP) is 4.56. The number of nitrogens with one attached hydrogen (secondary N) is 2. The van der Waals surface area contributed by atoms with Crippen molar-refractivity contribution >= 4 is 34.5 Å². The van der Waals surface area contributed by atoms with E-state index in [9.17, 15) is 9.59 Å². The molecule has 6 heteroatoms. The lowest BCUT2D eigenvalue weighted by Crippen LogP contribution is -2.33. The smallest absolute Gasteiger partial charge is 0.258 e. The third-order valence-corrected chi connectivity index (χ3v) is 5.84.